The van der Waals surface area contributed by atoms with E-state index < -0.39 is 5.97 Å². The Labute approximate surface area is 221 Å². The van der Waals surface area contributed by atoms with Crippen molar-refractivity contribution in [2.45, 2.75) is 58.1 Å². The van der Waals surface area contributed by atoms with Crippen molar-refractivity contribution in [3.8, 4) is 5.75 Å². The van der Waals surface area contributed by atoms with E-state index in [0.29, 0.717) is 16.1 Å². The number of rotatable bonds is 7. The molecule has 2 aliphatic carbocycles. The van der Waals surface area contributed by atoms with Gasteiger partial charge < -0.3 is 24.9 Å². The zero-order valence-electron chi connectivity index (χ0n) is 20.9. The van der Waals surface area contributed by atoms with E-state index >= 15 is 0 Å². The standard InChI is InChI=1S/C30H33BrN2O3/c1-3-33(4-2)22-12-14-24-28(18-22)36-27-15-11-21(32-20-8-6-5-7-9-20)17-26(27)29(24)23-13-10-19(31)16-25(23)30(34)35/h10-18,20,27,32H,3-9H2,1-2H3,(H,34,35)/p-1. The fourth-order valence-electron chi connectivity index (χ4n) is 5.58. The SMILES string of the molecule is CCN(CC)c1ccc2c(c1)OC1C=CC(NC3CCCCC3)=CC1=C2c1ccc(Br)cc1C(=O)[O-]. The van der Waals surface area contributed by atoms with Crippen LogP contribution in [0.4, 0.5) is 5.69 Å². The minimum Gasteiger partial charge on any atom is -0.545 e. The quantitative estimate of drug-likeness (QED) is 0.488. The molecule has 0 bridgehead atoms. The summed E-state index contributed by atoms with van der Waals surface area (Å²) in [5.41, 5.74) is 5.68. The van der Waals surface area contributed by atoms with Gasteiger partial charge in [-0.05, 0) is 74.7 Å². The van der Waals surface area contributed by atoms with Crippen molar-refractivity contribution in [1.29, 1.82) is 0 Å². The second-order valence-corrected chi connectivity index (χ2v) is 10.6. The van der Waals surface area contributed by atoms with Crippen molar-refractivity contribution < 1.29 is 14.6 Å². The number of carbonyl (C=O) groups is 1. The van der Waals surface area contributed by atoms with Crippen LogP contribution in [-0.2, 0) is 0 Å². The normalized spacial score (nSPS) is 19.2. The highest BCUT2D eigenvalue weighted by atomic mass is 79.9. The largest absolute Gasteiger partial charge is 0.545 e. The molecule has 0 saturated heterocycles. The highest BCUT2D eigenvalue weighted by molar-refractivity contribution is 9.10. The average molecular weight is 549 g/mol. The van der Waals surface area contributed by atoms with Crippen molar-refractivity contribution >= 4 is 33.2 Å². The third kappa shape index (κ3) is 4.83. The second kappa shape index (κ2) is 10.6. The fourth-order valence-corrected chi connectivity index (χ4v) is 5.94. The van der Waals surface area contributed by atoms with Crippen molar-refractivity contribution in [1.82, 2.24) is 5.32 Å². The minimum atomic E-state index is -1.19. The van der Waals surface area contributed by atoms with Crippen LogP contribution in [0.2, 0.25) is 0 Å². The summed E-state index contributed by atoms with van der Waals surface area (Å²) in [5.74, 6) is -0.434. The van der Waals surface area contributed by atoms with Crippen LogP contribution in [0.15, 0.2) is 70.4 Å². The fraction of sp³-hybridized carbons (Fsp3) is 0.367. The molecule has 0 spiro atoms. The molecule has 0 radical (unpaired) electrons. The Hall–Kier alpha value is -2.99. The van der Waals surface area contributed by atoms with E-state index in [1.807, 2.05) is 12.1 Å². The molecule has 1 fully saturated rings. The number of carboxylic acid groups (broad SMARTS) is 1. The van der Waals surface area contributed by atoms with E-state index in [4.69, 9.17) is 4.74 Å². The number of fused-ring (bicyclic) bond motifs is 2. The van der Waals surface area contributed by atoms with Crippen molar-refractivity contribution in [3.05, 3.63) is 87.1 Å². The lowest BCUT2D eigenvalue weighted by atomic mass is 9.83. The number of anilines is 1. The molecule has 5 rings (SSSR count). The maximum Gasteiger partial charge on any atom is 0.143 e. The molecule has 0 aromatic heterocycles. The Balaban J connectivity index is 1.66. The van der Waals surface area contributed by atoms with Crippen LogP contribution in [0.3, 0.4) is 0 Å². The number of carbonyl (C=O) groups excluding carboxylic acids is 1. The lowest BCUT2D eigenvalue weighted by molar-refractivity contribution is -0.255. The number of allylic oxidation sites excluding steroid dienone is 1. The minimum absolute atomic E-state index is 0.163. The molecule has 0 amide bonds. The summed E-state index contributed by atoms with van der Waals surface area (Å²) in [6.45, 7) is 6.06. The highest BCUT2D eigenvalue weighted by Crippen LogP contribution is 2.44. The molecule has 5 nitrogen and oxygen atoms in total. The van der Waals surface area contributed by atoms with Gasteiger partial charge in [-0.3, -0.25) is 0 Å². The predicted molar refractivity (Wildman–Crippen MR) is 146 cm³/mol. The molecule has 188 valence electrons. The monoisotopic (exact) mass is 547 g/mol. The number of halogens is 1. The van der Waals surface area contributed by atoms with Gasteiger partial charge in [0.25, 0.3) is 0 Å². The van der Waals surface area contributed by atoms with E-state index in [1.54, 1.807) is 6.07 Å². The van der Waals surface area contributed by atoms with Crippen LogP contribution >= 0.6 is 15.9 Å². The molecule has 1 saturated carbocycles. The van der Waals surface area contributed by atoms with Crippen LogP contribution in [0.5, 0.6) is 5.75 Å². The number of carboxylic acids is 1. The topological polar surface area (TPSA) is 64.6 Å². The molecule has 1 atom stereocenters. The van der Waals surface area contributed by atoms with Crippen molar-refractivity contribution in [2.75, 3.05) is 18.0 Å². The Bertz CT molecular complexity index is 1250. The summed E-state index contributed by atoms with van der Waals surface area (Å²) in [4.78, 5) is 14.5. The van der Waals surface area contributed by atoms with Crippen LogP contribution in [0.1, 0.15) is 67.4 Å². The number of ether oxygens (including phenoxy) is 1. The van der Waals surface area contributed by atoms with E-state index in [-0.39, 0.29) is 11.7 Å². The van der Waals surface area contributed by atoms with Crippen molar-refractivity contribution in [2.24, 2.45) is 0 Å². The van der Waals surface area contributed by atoms with Crippen molar-refractivity contribution in [3.63, 3.8) is 0 Å². The van der Waals surface area contributed by atoms with Gasteiger partial charge in [-0.25, -0.2) is 0 Å². The molecule has 2 aromatic rings. The number of nitrogens with zero attached hydrogens (tertiary/aromatic N) is 1. The van der Waals surface area contributed by atoms with E-state index in [9.17, 15) is 9.90 Å². The third-order valence-corrected chi connectivity index (χ3v) is 7.91. The van der Waals surface area contributed by atoms with Gasteiger partial charge in [0.2, 0.25) is 0 Å². The molecule has 6 heteroatoms. The molecular formula is C30H32BrN2O3-. The zero-order chi connectivity index (χ0) is 25.2. The van der Waals surface area contributed by atoms with Gasteiger partial charge in [-0.2, -0.15) is 0 Å². The Kier molecular flexibility index (Phi) is 7.24. The summed E-state index contributed by atoms with van der Waals surface area (Å²) < 4.78 is 7.22. The molecule has 1 heterocycles. The number of aromatic carboxylic acids is 1. The highest BCUT2D eigenvalue weighted by Gasteiger charge is 2.31. The van der Waals surface area contributed by atoms with Gasteiger partial charge in [-0.1, -0.05) is 41.3 Å². The number of nitrogens with one attached hydrogen (secondary N) is 1. The second-order valence-electron chi connectivity index (χ2n) is 9.64. The van der Waals surface area contributed by atoms with Crippen LogP contribution < -0.4 is 20.1 Å². The summed E-state index contributed by atoms with van der Waals surface area (Å²) in [7, 11) is 0. The third-order valence-electron chi connectivity index (χ3n) is 7.42. The molecule has 1 N–H and O–H groups in total. The van der Waals surface area contributed by atoms with Gasteiger partial charge in [-0.15, -0.1) is 0 Å². The molecule has 36 heavy (non-hydrogen) atoms. The average Bonchev–Trinajstić information content (AvgIpc) is 2.89. The summed E-state index contributed by atoms with van der Waals surface area (Å²) in [5, 5.41) is 15.9. The first kappa shape index (κ1) is 24.7. The molecule has 2 aromatic carbocycles. The van der Waals surface area contributed by atoms with Gasteiger partial charge in [0.1, 0.15) is 11.9 Å². The first-order valence-corrected chi connectivity index (χ1v) is 13.8. The predicted octanol–water partition coefficient (Wildman–Crippen LogP) is 5.60. The smallest absolute Gasteiger partial charge is 0.143 e. The lowest BCUT2D eigenvalue weighted by Crippen LogP contribution is -2.33. The maximum absolute atomic E-state index is 12.2. The number of benzene rings is 2. The summed E-state index contributed by atoms with van der Waals surface area (Å²) in [6.07, 6.45) is 12.2. The van der Waals surface area contributed by atoms with Gasteiger partial charge >= 0.3 is 0 Å². The first-order valence-electron chi connectivity index (χ1n) is 13.0. The van der Waals surface area contributed by atoms with Gasteiger partial charge in [0, 0.05) is 63.3 Å². The Morgan fingerprint density at radius 2 is 1.83 bits per heavy atom. The molecule has 1 aliphatic heterocycles. The maximum atomic E-state index is 12.2. The van der Waals surface area contributed by atoms with Gasteiger partial charge in [0.05, 0.1) is 5.97 Å². The van der Waals surface area contributed by atoms with E-state index in [0.717, 1.165) is 46.9 Å². The lowest BCUT2D eigenvalue weighted by Gasteiger charge is -2.34. The van der Waals surface area contributed by atoms with Gasteiger partial charge in [0.15, 0.2) is 0 Å². The molecule has 3 aliphatic rings. The van der Waals surface area contributed by atoms with Crippen LogP contribution in [-0.4, -0.2) is 31.2 Å². The Morgan fingerprint density at radius 1 is 1.08 bits per heavy atom. The zero-order valence-corrected chi connectivity index (χ0v) is 22.4. The first-order chi connectivity index (χ1) is 17.5. The summed E-state index contributed by atoms with van der Waals surface area (Å²) >= 11 is 3.42. The molecular weight excluding hydrogens is 516 g/mol. The number of hydrogen-bond acceptors (Lipinski definition) is 5. The molecule has 1 unspecified atom stereocenters. The van der Waals surface area contributed by atoms with Crippen LogP contribution in [0.25, 0.3) is 5.57 Å². The van der Waals surface area contributed by atoms with Crippen LogP contribution in [0, 0.1) is 0 Å². The number of hydrogen-bond donors (Lipinski definition) is 1. The Morgan fingerprint density at radius 3 is 2.56 bits per heavy atom. The summed E-state index contributed by atoms with van der Waals surface area (Å²) in [6, 6.07) is 12.1. The van der Waals surface area contributed by atoms with E-state index in [1.165, 1.54) is 32.1 Å². The van der Waals surface area contributed by atoms with E-state index in [2.05, 4.69) is 76.4 Å².